The van der Waals surface area contributed by atoms with Crippen molar-refractivity contribution in [1.29, 1.82) is 0 Å². The minimum atomic E-state index is -0.697. The number of carbonyl (C=O) groups excluding carboxylic acids is 1. The highest BCUT2D eigenvalue weighted by molar-refractivity contribution is 5.92. The van der Waals surface area contributed by atoms with Crippen molar-refractivity contribution in [3.63, 3.8) is 0 Å². The molecule has 1 saturated heterocycles. The molecule has 0 bridgehead atoms. The Morgan fingerprint density at radius 3 is 2.50 bits per heavy atom. The topological polar surface area (TPSA) is 106 Å². The molecule has 0 radical (unpaired) electrons. The molecule has 0 aliphatic carbocycles. The number of hydrogen-bond acceptors (Lipinski definition) is 7. The van der Waals surface area contributed by atoms with Crippen molar-refractivity contribution < 1.29 is 13.6 Å². The van der Waals surface area contributed by atoms with Crippen molar-refractivity contribution in [2.75, 3.05) is 50.5 Å². The smallest absolute Gasteiger partial charge is 0.291 e. The fourth-order valence-corrected chi connectivity index (χ4v) is 3.76. The first kappa shape index (κ1) is 21.6. The molecular formula is C21H23F2N7O2. The van der Waals surface area contributed by atoms with E-state index in [4.69, 9.17) is 0 Å². The van der Waals surface area contributed by atoms with E-state index in [1.54, 1.807) is 25.2 Å². The summed E-state index contributed by atoms with van der Waals surface area (Å²) in [4.78, 5) is 37.9. The number of benzene rings is 1. The first-order valence-electron chi connectivity index (χ1n) is 10.2. The number of amides is 1. The standard InChI is InChI=1S/C21H23F2N7O2/c1-24-19-21(32)28-17-13(27-19)4-3-12(16(17)22)11-29-7-9-30(10-8-29)15-6-5-14(20(31)25-2)26-18(15)23/h3-6H,7-11H2,1-2H3,(H,24,27)(H,25,31)(H,28,32). The van der Waals surface area contributed by atoms with Gasteiger partial charge >= 0.3 is 0 Å². The number of piperazine rings is 1. The first-order valence-corrected chi connectivity index (χ1v) is 10.2. The lowest BCUT2D eigenvalue weighted by Crippen LogP contribution is -2.46. The number of aromatic amines is 1. The molecule has 0 spiro atoms. The van der Waals surface area contributed by atoms with Gasteiger partial charge in [-0.3, -0.25) is 14.5 Å². The van der Waals surface area contributed by atoms with Gasteiger partial charge in [0.05, 0.1) is 11.2 Å². The van der Waals surface area contributed by atoms with Gasteiger partial charge in [0.1, 0.15) is 11.2 Å². The second-order valence-corrected chi connectivity index (χ2v) is 7.45. The Balaban J connectivity index is 1.45. The molecule has 11 heteroatoms. The van der Waals surface area contributed by atoms with E-state index in [0.717, 1.165) is 0 Å². The lowest BCUT2D eigenvalue weighted by atomic mass is 10.1. The van der Waals surface area contributed by atoms with Crippen LogP contribution in [0.15, 0.2) is 29.1 Å². The molecule has 1 fully saturated rings. The number of hydrogen-bond donors (Lipinski definition) is 3. The van der Waals surface area contributed by atoms with Crippen LogP contribution < -0.4 is 21.1 Å². The van der Waals surface area contributed by atoms with Crippen molar-refractivity contribution in [3.05, 3.63) is 57.6 Å². The Morgan fingerprint density at radius 2 is 1.84 bits per heavy atom. The van der Waals surface area contributed by atoms with E-state index in [-0.39, 0.29) is 17.0 Å². The lowest BCUT2D eigenvalue weighted by Gasteiger charge is -2.36. The van der Waals surface area contributed by atoms with Crippen LogP contribution in [0.1, 0.15) is 16.1 Å². The van der Waals surface area contributed by atoms with Gasteiger partial charge in [-0.1, -0.05) is 6.07 Å². The van der Waals surface area contributed by atoms with E-state index in [1.807, 2.05) is 4.90 Å². The average Bonchev–Trinajstić information content (AvgIpc) is 2.81. The molecule has 0 unspecified atom stereocenters. The largest absolute Gasteiger partial charge is 0.369 e. The minimum absolute atomic E-state index is 0.0218. The van der Waals surface area contributed by atoms with Gasteiger partial charge in [0.25, 0.3) is 11.5 Å². The Labute approximate surface area is 182 Å². The molecule has 3 N–H and O–H groups in total. The van der Waals surface area contributed by atoms with Crippen LogP contribution in [0.5, 0.6) is 0 Å². The zero-order valence-corrected chi connectivity index (χ0v) is 17.7. The molecule has 9 nitrogen and oxygen atoms in total. The Kier molecular flexibility index (Phi) is 5.99. The summed E-state index contributed by atoms with van der Waals surface area (Å²) >= 11 is 0. The van der Waals surface area contributed by atoms with E-state index in [2.05, 4.69) is 30.5 Å². The molecule has 32 heavy (non-hydrogen) atoms. The van der Waals surface area contributed by atoms with Gasteiger partial charge in [0, 0.05) is 52.4 Å². The van der Waals surface area contributed by atoms with E-state index in [1.165, 1.54) is 13.1 Å². The summed E-state index contributed by atoms with van der Waals surface area (Å²) in [7, 11) is 3.03. The minimum Gasteiger partial charge on any atom is -0.369 e. The number of anilines is 2. The van der Waals surface area contributed by atoms with Crippen LogP contribution in [0.2, 0.25) is 0 Å². The molecule has 1 aromatic carbocycles. The third kappa shape index (κ3) is 4.11. The predicted molar refractivity (Wildman–Crippen MR) is 117 cm³/mol. The van der Waals surface area contributed by atoms with E-state index >= 15 is 4.39 Å². The number of fused-ring (bicyclic) bond motifs is 1. The number of H-pyrrole nitrogens is 1. The van der Waals surface area contributed by atoms with Gasteiger partial charge in [-0.2, -0.15) is 4.39 Å². The van der Waals surface area contributed by atoms with Gasteiger partial charge in [0.15, 0.2) is 11.6 Å². The van der Waals surface area contributed by atoms with Crippen LogP contribution in [0, 0.1) is 11.8 Å². The van der Waals surface area contributed by atoms with Crippen molar-refractivity contribution in [1.82, 2.24) is 25.2 Å². The summed E-state index contributed by atoms with van der Waals surface area (Å²) in [6.07, 6.45) is 0. The van der Waals surface area contributed by atoms with Gasteiger partial charge in [-0.15, -0.1) is 0 Å². The number of rotatable bonds is 5. The summed E-state index contributed by atoms with van der Waals surface area (Å²) in [6, 6.07) is 6.38. The molecular weight excluding hydrogens is 420 g/mol. The maximum absolute atomic E-state index is 15.0. The second kappa shape index (κ2) is 8.87. The second-order valence-electron chi connectivity index (χ2n) is 7.45. The third-order valence-corrected chi connectivity index (χ3v) is 5.52. The zero-order valence-electron chi connectivity index (χ0n) is 17.7. The van der Waals surface area contributed by atoms with Crippen LogP contribution in [-0.4, -0.2) is 66.0 Å². The van der Waals surface area contributed by atoms with Crippen molar-refractivity contribution in [2.45, 2.75) is 6.54 Å². The third-order valence-electron chi connectivity index (χ3n) is 5.52. The fraction of sp³-hybridized carbons (Fsp3) is 0.333. The van der Waals surface area contributed by atoms with E-state index in [9.17, 15) is 14.0 Å². The summed E-state index contributed by atoms with van der Waals surface area (Å²) in [5.74, 6) is -1.52. The Hall–Kier alpha value is -3.60. The highest BCUT2D eigenvalue weighted by atomic mass is 19.1. The summed E-state index contributed by atoms with van der Waals surface area (Å²) < 4.78 is 29.4. The maximum atomic E-state index is 15.0. The number of aromatic nitrogens is 3. The molecule has 1 amide bonds. The van der Waals surface area contributed by atoms with Crippen molar-refractivity contribution in [2.24, 2.45) is 0 Å². The van der Waals surface area contributed by atoms with Crippen LogP contribution in [0.25, 0.3) is 11.0 Å². The van der Waals surface area contributed by atoms with Gasteiger partial charge < -0.3 is 20.5 Å². The molecule has 168 valence electrons. The molecule has 4 rings (SSSR count). The van der Waals surface area contributed by atoms with Gasteiger partial charge in [-0.05, 0) is 18.2 Å². The van der Waals surface area contributed by atoms with Crippen LogP contribution in [0.4, 0.5) is 20.3 Å². The number of halogens is 2. The monoisotopic (exact) mass is 443 g/mol. The molecule has 3 aromatic rings. The Morgan fingerprint density at radius 1 is 1.09 bits per heavy atom. The van der Waals surface area contributed by atoms with Gasteiger partial charge in [0.2, 0.25) is 5.95 Å². The summed E-state index contributed by atoms with van der Waals surface area (Å²) in [5, 5.41) is 5.09. The Bertz CT molecular complexity index is 1220. The van der Waals surface area contributed by atoms with Gasteiger partial charge in [-0.25, -0.2) is 14.4 Å². The van der Waals surface area contributed by atoms with E-state index in [0.29, 0.717) is 49.5 Å². The lowest BCUT2D eigenvalue weighted by molar-refractivity contribution is 0.0957. The average molecular weight is 443 g/mol. The maximum Gasteiger partial charge on any atom is 0.291 e. The normalized spacial score (nSPS) is 14.6. The highest BCUT2D eigenvalue weighted by Crippen LogP contribution is 2.23. The van der Waals surface area contributed by atoms with Crippen LogP contribution in [-0.2, 0) is 6.54 Å². The predicted octanol–water partition coefficient (Wildman–Crippen LogP) is 1.32. The molecule has 2 aromatic heterocycles. The zero-order chi connectivity index (χ0) is 22.8. The van der Waals surface area contributed by atoms with Crippen LogP contribution >= 0.6 is 0 Å². The number of nitrogens with one attached hydrogen (secondary N) is 3. The molecule has 0 saturated carbocycles. The quantitative estimate of drug-likeness (QED) is 0.511. The molecule has 3 heterocycles. The van der Waals surface area contributed by atoms with Crippen LogP contribution in [0.3, 0.4) is 0 Å². The first-order chi connectivity index (χ1) is 15.4. The molecule has 1 aliphatic heterocycles. The SMILES string of the molecule is CNC(=O)c1ccc(N2CCN(Cc3ccc4nc(NC)c(=O)[nH]c4c3F)CC2)c(F)n1. The summed E-state index contributed by atoms with van der Waals surface area (Å²) in [6.45, 7) is 2.57. The molecule has 0 atom stereocenters. The molecule has 1 aliphatic rings. The van der Waals surface area contributed by atoms with Crippen molar-refractivity contribution >= 4 is 28.4 Å². The number of nitrogens with zero attached hydrogens (tertiary/aromatic N) is 4. The fourth-order valence-electron chi connectivity index (χ4n) is 3.76. The number of pyridine rings is 1. The highest BCUT2D eigenvalue weighted by Gasteiger charge is 2.22. The van der Waals surface area contributed by atoms with Crippen molar-refractivity contribution in [3.8, 4) is 0 Å². The van der Waals surface area contributed by atoms with E-state index < -0.39 is 23.2 Å². The number of carbonyl (C=O) groups is 1. The summed E-state index contributed by atoms with van der Waals surface area (Å²) in [5.41, 5.74) is 0.760.